The lowest BCUT2D eigenvalue weighted by molar-refractivity contribution is 0.225. The van der Waals surface area contributed by atoms with E-state index in [1.165, 1.54) is 18.5 Å². The SMILES string of the molecule is Cc1cc(N)c(C(=N)c2cnc(N3CCN(S(C)=O)CC3)c(F)c2)cc1O[C@@H](C)c1c(Cl)cnnc1Cl. The fourth-order valence-electron chi connectivity index (χ4n) is 4.13. The molecular formula is C24H26Cl2FN7O2S. The molecule has 13 heteroatoms. The molecule has 1 aliphatic rings. The fraction of sp³-hybridized carbons (Fsp3) is 0.333. The number of halogens is 3. The first-order valence-electron chi connectivity index (χ1n) is 11.4. The molecule has 4 rings (SSSR count). The summed E-state index contributed by atoms with van der Waals surface area (Å²) in [5.74, 6) is 0.118. The van der Waals surface area contributed by atoms with Crippen molar-refractivity contribution in [3.05, 3.63) is 68.8 Å². The van der Waals surface area contributed by atoms with E-state index in [1.807, 2.05) is 16.1 Å². The molecular weight excluding hydrogens is 540 g/mol. The van der Waals surface area contributed by atoms with Gasteiger partial charge in [0, 0.05) is 55.4 Å². The molecule has 1 saturated heterocycles. The van der Waals surface area contributed by atoms with Crippen LogP contribution in [0.4, 0.5) is 15.9 Å². The highest BCUT2D eigenvalue weighted by Gasteiger charge is 2.24. The normalized spacial score (nSPS) is 15.9. The summed E-state index contributed by atoms with van der Waals surface area (Å²) in [6.45, 7) is 5.70. The number of aryl methyl sites for hydroxylation is 1. The maximum absolute atomic E-state index is 15.1. The monoisotopic (exact) mass is 565 g/mol. The summed E-state index contributed by atoms with van der Waals surface area (Å²) in [4.78, 5) is 6.11. The van der Waals surface area contributed by atoms with Crippen molar-refractivity contribution in [3.63, 3.8) is 0 Å². The van der Waals surface area contributed by atoms with Gasteiger partial charge in [0.15, 0.2) is 16.8 Å². The summed E-state index contributed by atoms with van der Waals surface area (Å²) in [7, 11) is -1.06. The second-order valence-corrected chi connectivity index (χ2v) is 10.7. The number of piperazine rings is 1. The molecule has 1 aliphatic heterocycles. The number of hydrogen-bond donors (Lipinski definition) is 2. The first-order chi connectivity index (χ1) is 17.6. The van der Waals surface area contributed by atoms with Crippen molar-refractivity contribution in [1.29, 1.82) is 5.41 Å². The van der Waals surface area contributed by atoms with Crippen LogP contribution in [0.1, 0.15) is 35.3 Å². The van der Waals surface area contributed by atoms with E-state index in [1.54, 1.807) is 25.3 Å². The summed E-state index contributed by atoms with van der Waals surface area (Å²) < 4.78 is 34.7. The van der Waals surface area contributed by atoms with Crippen LogP contribution in [0.2, 0.25) is 10.2 Å². The lowest BCUT2D eigenvalue weighted by Gasteiger charge is -2.33. The molecule has 1 unspecified atom stereocenters. The zero-order valence-electron chi connectivity index (χ0n) is 20.5. The summed E-state index contributed by atoms with van der Waals surface area (Å²) in [5, 5.41) is 16.7. The Kier molecular flexibility index (Phi) is 8.27. The molecule has 0 saturated carbocycles. The number of hydrogen-bond acceptors (Lipinski definition) is 8. The molecule has 3 aromatic rings. The van der Waals surface area contributed by atoms with Crippen molar-refractivity contribution in [1.82, 2.24) is 19.5 Å². The number of nitrogens with one attached hydrogen (secondary N) is 1. The van der Waals surface area contributed by atoms with Gasteiger partial charge >= 0.3 is 0 Å². The van der Waals surface area contributed by atoms with Gasteiger partial charge in [-0.3, -0.25) is 5.41 Å². The number of benzene rings is 1. The minimum Gasteiger partial charge on any atom is -0.486 e. The van der Waals surface area contributed by atoms with Gasteiger partial charge in [-0.25, -0.2) is 17.9 Å². The predicted octanol–water partition coefficient (Wildman–Crippen LogP) is 4.18. The van der Waals surface area contributed by atoms with E-state index in [0.29, 0.717) is 53.8 Å². The molecule has 0 aliphatic carbocycles. The number of anilines is 2. The van der Waals surface area contributed by atoms with Crippen LogP contribution in [0.15, 0.2) is 30.6 Å². The quantitative estimate of drug-likeness (QED) is 0.325. The molecule has 0 bridgehead atoms. The van der Waals surface area contributed by atoms with Gasteiger partial charge in [-0.15, -0.1) is 5.10 Å². The molecule has 2 atom stereocenters. The smallest absolute Gasteiger partial charge is 0.166 e. The van der Waals surface area contributed by atoms with E-state index in [9.17, 15) is 4.21 Å². The van der Waals surface area contributed by atoms with Gasteiger partial charge in [0.05, 0.1) is 33.5 Å². The van der Waals surface area contributed by atoms with Gasteiger partial charge in [0.2, 0.25) is 0 Å². The van der Waals surface area contributed by atoms with Crippen LogP contribution in [0.5, 0.6) is 5.75 Å². The Morgan fingerprint density at radius 3 is 2.54 bits per heavy atom. The standard InChI is InChI=1S/C24H26Cl2FN7O2S/c1-13-8-19(28)16(10-20(13)36-14(2)21-17(25)12-31-32-23(21)26)22(29)15-9-18(27)24(30-11-15)33-4-6-34(7-5-33)37(3)35/h8-12,14,29H,4-7,28H2,1-3H3/t14-,37?/m0/s1. The molecule has 1 fully saturated rings. The van der Waals surface area contributed by atoms with Crippen molar-refractivity contribution in [3.8, 4) is 5.75 Å². The summed E-state index contributed by atoms with van der Waals surface area (Å²) in [5.41, 5.74) is 8.44. The Bertz CT molecular complexity index is 1350. The number of rotatable bonds is 7. The third-order valence-electron chi connectivity index (χ3n) is 6.14. The summed E-state index contributed by atoms with van der Waals surface area (Å²) >= 11 is 12.4. The van der Waals surface area contributed by atoms with E-state index in [-0.39, 0.29) is 22.2 Å². The second kappa shape index (κ2) is 11.3. The van der Waals surface area contributed by atoms with Crippen LogP contribution < -0.4 is 15.4 Å². The maximum atomic E-state index is 15.1. The second-order valence-electron chi connectivity index (χ2n) is 8.61. The van der Waals surface area contributed by atoms with Gasteiger partial charge in [-0.05, 0) is 37.6 Å². The average molecular weight is 566 g/mol. The number of nitrogens with two attached hydrogens (primary N) is 1. The third kappa shape index (κ3) is 5.85. The predicted molar refractivity (Wildman–Crippen MR) is 145 cm³/mol. The van der Waals surface area contributed by atoms with Crippen molar-refractivity contribution >= 4 is 51.4 Å². The number of ether oxygens (including phenoxy) is 1. The Morgan fingerprint density at radius 1 is 1.22 bits per heavy atom. The molecule has 9 nitrogen and oxygen atoms in total. The van der Waals surface area contributed by atoms with Crippen LogP contribution in [0.25, 0.3) is 0 Å². The van der Waals surface area contributed by atoms with Gasteiger partial charge in [0.1, 0.15) is 11.9 Å². The number of aromatic nitrogens is 3. The largest absolute Gasteiger partial charge is 0.486 e. The van der Waals surface area contributed by atoms with Crippen molar-refractivity contribution in [2.75, 3.05) is 43.1 Å². The molecule has 1 aromatic carbocycles. The Morgan fingerprint density at radius 2 is 1.92 bits per heavy atom. The summed E-state index contributed by atoms with van der Waals surface area (Å²) in [6, 6.07) is 4.60. The highest BCUT2D eigenvalue weighted by molar-refractivity contribution is 7.81. The fourth-order valence-corrected chi connectivity index (χ4v) is 5.44. The van der Waals surface area contributed by atoms with Crippen LogP contribution in [-0.2, 0) is 11.0 Å². The molecule has 0 radical (unpaired) electrons. The minimum atomic E-state index is -1.06. The van der Waals surface area contributed by atoms with Crippen LogP contribution in [0, 0.1) is 18.2 Å². The number of pyridine rings is 1. The van der Waals surface area contributed by atoms with Gasteiger partial charge in [-0.1, -0.05) is 23.2 Å². The lowest BCUT2D eigenvalue weighted by atomic mass is 9.99. The summed E-state index contributed by atoms with van der Waals surface area (Å²) in [6.07, 6.45) is 3.90. The lowest BCUT2D eigenvalue weighted by Crippen LogP contribution is -2.47. The minimum absolute atomic E-state index is 0.000736. The zero-order chi connectivity index (χ0) is 26.9. The molecule has 0 amide bonds. The highest BCUT2D eigenvalue weighted by atomic mass is 35.5. The van der Waals surface area contributed by atoms with E-state index < -0.39 is 22.9 Å². The number of nitrogens with zero attached hydrogens (tertiary/aromatic N) is 5. The molecule has 196 valence electrons. The molecule has 3 heterocycles. The third-order valence-corrected chi connectivity index (χ3v) is 7.81. The topological polar surface area (TPSA) is 121 Å². The van der Waals surface area contributed by atoms with Gasteiger partial charge in [-0.2, -0.15) is 5.10 Å². The Hall–Kier alpha value is -2.86. The number of nitrogen functional groups attached to an aromatic ring is 1. The van der Waals surface area contributed by atoms with E-state index in [2.05, 4.69) is 15.2 Å². The average Bonchev–Trinajstić information content (AvgIpc) is 2.85. The highest BCUT2D eigenvalue weighted by Crippen LogP contribution is 2.34. The van der Waals surface area contributed by atoms with Gasteiger partial charge in [0.25, 0.3) is 0 Å². The van der Waals surface area contributed by atoms with Crippen molar-refractivity contribution < 1.29 is 13.3 Å². The Labute approximate surface area is 226 Å². The van der Waals surface area contributed by atoms with Crippen LogP contribution in [-0.4, -0.2) is 61.8 Å². The first-order valence-corrected chi connectivity index (χ1v) is 13.7. The van der Waals surface area contributed by atoms with E-state index in [4.69, 9.17) is 39.1 Å². The molecule has 3 N–H and O–H groups in total. The van der Waals surface area contributed by atoms with Crippen LogP contribution >= 0.6 is 23.2 Å². The molecule has 2 aromatic heterocycles. The van der Waals surface area contributed by atoms with E-state index >= 15 is 4.39 Å². The Balaban J connectivity index is 1.57. The van der Waals surface area contributed by atoms with Crippen molar-refractivity contribution in [2.45, 2.75) is 20.0 Å². The van der Waals surface area contributed by atoms with E-state index in [0.717, 1.165) is 5.56 Å². The van der Waals surface area contributed by atoms with Gasteiger partial charge < -0.3 is 15.4 Å². The van der Waals surface area contributed by atoms with Crippen LogP contribution in [0.3, 0.4) is 0 Å². The molecule has 0 spiro atoms. The first kappa shape index (κ1) is 27.2. The zero-order valence-corrected chi connectivity index (χ0v) is 22.8. The maximum Gasteiger partial charge on any atom is 0.166 e. The molecule has 37 heavy (non-hydrogen) atoms. The van der Waals surface area contributed by atoms with Crippen molar-refractivity contribution in [2.24, 2.45) is 0 Å².